The molecule has 3 saturated carbocycles. The highest BCUT2D eigenvalue weighted by molar-refractivity contribution is 7.17. The number of hydrogen-bond donors (Lipinski definition) is 4. The molecule has 212 valence electrons. The molecule has 2 heterocycles. The average Bonchev–Trinajstić information content (AvgIpc) is 3.32. The Kier molecular flexibility index (Phi) is 8.77. The standard InChI is InChI=1S/C26H30N6O7S/c1-15(33)28-25-27-13-19(40-25)23(37)29-17(6-3-4-8-21(35)39-2)22(36)30-18-7-5-9-32(24(18)38)14-20(34)31-26-10-16(11-26)12-26/h4-5,7-9,13,16-17H,3,6,10-12,14H2,1-2H3,(H,29,37)(H,30,36)(H,31,34)(H,27,28,33)/b8-4+/t16?,17-,26?/m0/s1. The van der Waals surface area contributed by atoms with Gasteiger partial charge in [0.05, 0.1) is 13.3 Å². The number of amides is 4. The largest absolute Gasteiger partial charge is 0.466 e. The average molecular weight is 571 g/mol. The Labute approximate surface area is 233 Å². The molecule has 4 amide bonds. The third-order valence-electron chi connectivity index (χ3n) is 6.75. The fourth-order valence-electron chi connectivity index (χ4n) is 4.69. The second kappa shape index (κ2) is 12.2. The molecule has 13 nitrogen and oxygen atoms in total. The Morgan fingerprint density at radius 1 is 1.23 bits per heavy atom. The number of hydrogen-bond acceptors (Lipinski definition) is 9. The normalized spacial score (nSPS) is 19.5. The summed E-state index contributed by atoms with van der Waals surface area (Å²) in [6, 6.07) is 1.86. The number of thiazole rings is 1. The van der Waals surface area contributed by atoms with Gasteiger partial charge in [-0.05, 0) is 50.2 Å². The van der Waals surface area contributed by atoms with Gasteiger partial charge in [0.2, 0.25) is 17.7 Å². The van der Waals surface area contributed by atoms with E-state index in [1.165, 1.54) is 49.2 Å². The van der Waals surface area contributed by atoms with Gasteiger partial charge in [0.15, 0.2) is 5.13 Å². The third kappa shape index (κ3) is 7.00. The van der Waals surface area contributed by atoms with Crippen molar-refractivity contribution in [3.05, 3.63) is 51.9 Å². The van der Waals surface area contributed by atoms with Crippen molar-refractivity contribution in [2.24, 2.45) is 5.92 Å². The van der Waals surface area contributed by atoms with E-state index in [-0.39, 0.29) is 52.4 Å². The van der Waals surface area contributed by atoms with Crippen molar-refractivity contribution in [2.45, 2.75) is 57.2 Å². The van der Waals surface area contributed by atoms with Crippen molar-refractivity contribution in [3.63, 3.8) is 0 Å². The van der Waals surface area contributed by atoms with Gasteiger partial charge in [0, 0.05) is 24.7 Å². The second-order valence-electron chi connectivity index (χ2n) is 9.89. The van der Waals surface area contributed by atoms with Crippen LogP contribution in [0.2, 0.25) is 0 Å². The number of nitrogens with one attached hydrogen (secondary N) is 4. The first-order valence-corrected chi connectivity index (χ1v) is 13.5. The SMILES string of the molecule is COC(=O)/C=C/CC[C@H](NC(=O)c1cnc(NC(C)=O)s1)C(=O)Nc1cccn(CC(=O)NC23CC(C2)C3)c1=O. The zero-order valence-corrected chi connectivity index (χ0v) is 22.8. The number of rotatable bonds is 12. The number of nitrogens with zero attached hydrogens (tertiary/aromatic N) is 2. The van der Waals surface area contributed by atoms with Crippen LogP contribution in [-0.4, -0.2) is 57.8 Å². The fourth-order valence-corrected chi connectivity index (χ4v) is 5.46. The lowest BCUT2D eigenvalue weighted by molar-refractivity contribution is -0.135. The molecule has 0 aromatic carbocycles. The summed E-state index contributed by atoms with van der Waals surface area (Å²) in [5.41, 5.74) is -0.742. The third-order valence-corrected chi connectivity index (χ3v) is 7.66. The van der Waals surface area contributed by atoms with E-state index in [2.05, 4.69) is 31.0 Å². The minimum Gasteiger partial charge on any atom is -0.466 e. The van der Waals surface area contributed by atoms with Crippen LogP contribution < -0.4 is 26.8 Å². The summed E-state index contributed by atoms with van der Waals surface area (Å²) in [7, 11) is 1.24. The number of esters is 1. The van der Waals surface area contributed by atoms with Crippen LogP contribution >= 0.6 is 11.3 Å². The summed E-state index contributed by atoms with van der Waals surface area (Å²) in [6.45, 7) is 1.12. The van der Waals surface area contributed by atoms with Crippen molar-refractivity contribution in [1.29, 1.82) is 0 Å². The van der Waals surface area contributed by atoms with E-state index in [1.807, 2.05) is 0 Å². The molecular formula is C26H30N6O7S. The van der Waals surface area contributed by atoms with Gasteiger partial charge in [-0.15, -0.1) is 0 Å². The first-order valence-electron chi connectivity index (χ1n) is 12.7. The van der Waals surface area contributed by atoms with Gasteiger partial charge in [-0.3, -0.25) is 24.0 Å². The maximum atomic E-state index is 13.2. The smallest absolute Gasteiger partial charge is 0.330 e. The van der Waals surface area contributed by atoms with E-state index in [4.69, 9.17) is 0 Å². The van der Waals surface area contributed by atoms with Crippen molar-refractivity contribution < 1.29 is 28.7 Å². The Morgan fingerprint density at radius 3 is 2.62 bits per heavy atom. The molecular weight excluding hydrogens is 540 g/mol. The van der Waals surface area contributed by atoms with Gasteiger partial charge >= 0.3 is 5.97 Å². The van der Waals surface area contributed by atoms with Crippen molar-refractivity contribution in [2.75, 3.05) is 17.7 Å². The molecule has 1 atom stereocenters. The molecule has 0 unspecified atom stereocenters. The molecule has 5 rings (SSSR count). The van der Waals surface area contributed by atoms with Gasteiger partial charge in [0.1, 0.15) is 23.2 Å². The van der Waals surface area contributed by atoms with Crippen molar-refractivity contribution in [1.82, 2.24) is 20.2 Å². The van der Waals surface area contributed by atoms with E-state index in [1.54, 1.807) is 6.07 Å². The van der Waals surface area contributed by atoms with Crippen LogP contribution in [-0.2, 0) is 30.5 Å². The zero-order chi connectivity index (χ0) is 28.9. The summed E-state index contributed by atoms with van der Waals surface area (Å²) in [6.07, 6.45) is 8.68. The molecule has 3 fully saturated rings. The highest BCUT2D eigenvalue weighted by atomic mass is 32.1. The number of aromatic nitrogens is 2. The Balaban J connectivity index is 1.43. The number of carbonyl (C=O) groups is 5. The number of pyridine rings is 1. The lowest BCUT2D eigenvalue weighted by Crippen LogP contribution is -2.68. The van der Waals surface area contributed by atoms with E-state index in [0.717, 1.165) is 30.6 Å². The van der Waals surface area contributed by atoms with E-state index >= 15 is 0 Å². The van der Waals surface area contributed by atoms with E-state index < -0.39 is 29.4 Å². The Bertz CT molecular complexity index is 1400. The van der Waals surface area contributed by atoms with Crippen LogP contribution in [0.15, 0.2) is 41.5 Å². The van der Waals surface area contributed by atoms with Crippen LogP contribution in [0.4, 0.5) is 10.8 Å². The number of ether oxygens (including phenoxy) is 1. The lowest BCUT2D eigenvalue weighted by atomic mass is 9.50. The maximum absolute atomic E-state index is 13.2. The molecule has 4 N–H and O–H groups in total. The molecule has 0 aliphatic heterocycles. The van der Waals surface area contributed by atoms with Gasteiger partial charge < -0.3 is 30.6 Å². The van der Waals surface area contributed by atoms with Crippen LogP contribution in [0, 0.1) is 5.92 Å². The summed E-state index contributed by atoms with van der Waals surface area (Å²) >= 11 is 0.931. The van der Waals surface area contributed by atoms with Crippen LogP contribution in [0.1, 0.15) is 48.7 Å². The van der Waals surface area contributed by atoms with Gasteiger partial charge in [-0.25, -0.2) is 9.78 Å². The topological polar surface area (TPSA) is 178 Å². The van der Waals surface area contributed by atoms with Crippen molar-refractivity contribution in [3.8, 4) is 0 Å². The fraction of sp³-hybridized carbons (Fsp3) is 0.423. The quantitative estimate of drug-likeness (QED) is 0.217. The first kappa shape index (κ1) is 28.7. The predicted octanol–water partition coefficient (Wildman–Crippen LogP) is 1.18. The van der Waals surface area contributed by atoms with Crippen LogP contribution in [0.5, 0.6) is 0 Å². The Hall–Kier alpha value is -4.33. The van der Waals surface area contributed by atoms with Gasteiger partial charge in [-0.2, -0.15) is 0 Å². The van der Waals surface area contributed by atoms with Gasteiger partial charge in [-0.1, -0.05) is 17.4 Å². The molecule has 3 aliphatic rings. The number of allylic oxidation sites excluding steroid dienone is 1. The number of anilines is 2. The number of carbonyl (C=O) groups excluding carboxylic acids is 5. The summed E-state index contributed by atoms with van der Waals surface area (Å²) < 4.78 is 5.76. The maximum Gasteiger partial charge on any atom is 0.330 e. The van der Waals surface area contributed by atoms with E-state index in [0.29, 0.717) is 5.92 Å². The molecule has 3 aliphatic carbocycles. The molecule has 0 spiro atoms. The molecule has 0 saturated heterocycles. The molecule has 2 bridgehead atoms. The summed E-state index contributed by atoms with van der Waals surface area (Å²) in [5, 5.41) is 10.9. The highest BCUT2D eigenvalue weighted by Crippen LogP contribution is 2.56. The van der Waals surface area contributed by atoms with Crippen LogP contribution in [0.3, 0.4) is 0 Å². The number of methoxy groups -OCH3 is 1. The minimum absolute atomic E-state index is 0.0547. The minimum atomic E-state index is -1.10. The summed E-state index contributed by atoms with van der Waals surface area (Å²) in [5.74, 6) is -1.76. The molecule has 2 aromatic heterocycles. The molecule has 40 heavy (non-hydrogen) atoms. The molecule has 2 aromatic rings. The van der Waals surface area contributed by atoms with Crippen LogP contribution in [0.25, 0.3) is 0 Å². The van der Waals surface area contributed by atoms with E-state index in [9.17, 15) is 28.8 Å². The van der Waals surface area contributed by atoms with Gasteiger partial charge in [0.25, 0.3) is 11.5 Å². The first-order chi connectivity index (χ1) is 19.1. The Morgan fingerprint density at radius 2 is 1.98 bits per heavy atom. The highest BCUT2D eigenvalue weighted by Gasteiger charge is 2.57. The monoisotopic (exact) mass is 570 g/mol. The van der Waals surface area contributed by atoms with Crippen molar-refractivity contribution >= 4 is 51.8 Å². The lowest BCUT2D eigenvalue weighted by Gasteiger charge is -2.61. The molecule has 14 heteroatoms. The predicted molar refractivity (Wildman–Crippen MR) is 146 cm³/mol. The zero-order valence-electron chi connectivity index (χ0n) is 22.0. The summed E-state index contributed by atoms with van der Waals surface area (Å²) in [4.78, 5) is 78.3. The second-order valence-corrected chi connectivity index (χ2v) is 10.9. The molecule has 0 radical (unpaired) electrons.